The molecule has 1 aromatic heterocycles. The molecule has 0 bridgehead atoms. The summed E-state index contributed by atoms with van der Waals surface area (Å²) in [5.41, 5.74) is 0.634. The second kappa shape index (κ2) is 6.24. The Balaban J connectivity index is 2.75. The van der Waals surface area contributed by atoms with Crippen LogP contribution in [0, 0.1) is 17.0 Å². The van der Waals surface area contributed by atoms with Crippen LogP contribution in [0.25, 0.3) is 11.3 Å². The van der Waals surface area contributed by atoms with Gasteiger partial charge in [0.2, 0.25) is 5.95 Å². The van der Waals surface area contributed by atoms with Crippen molar-refractivity contribution in [3.63, 3.8) is 0 Å². The molecule has 1 N–H and O–H groups in total. The molecular formula is C13H12Cl2N4O2. The van der Waals surface area contributed by atoms with Gasteiger partial charge >= 0.3 is 5.69 Å². The lowest BCUT2D eigenvalue weighted by Gasteiger charge is -2.09. The molecule has 8 heteroatoms. The van der Waals surface area contributed by atoms with Gasteiger partial charge in [-0.15, -0.1) is 0 Å². The number of nitrogens with one attached hydrogen (secondary N) is 1. The molecule has 1 heterocycles. The number of benzene rings is 1. The van der Waals surface area contributed by atoms with Gasteiger partial charge in [-0.3, -0.25) is 10.1 Å². The van der Waals surface area contributed by atoms with E-state index in [2.05, 4.69) is 15.3 Å². The van der Waals surface area contributed by atoms with Crippen LogP contribution in [0.4, 0.5) is 11.6 Å². The molecule has 0 atom stereocenters. The molecule has 0 aliphatic carbocycles. The maximum atomic E-state index is 11.3. The average Bonchev–Trinajstić information content (AvgIpc) is 2.40. The summed E-state index contributed by atoms with van der Waals surface area (Å²) in [4.78, 5) is 19.1. The predicted molar refractivity (Wildman–Crippen MR) is 83.0 cm³/mol. The first kappa shape index (κ1) is 15.5. The molecule has 0 amide bonds. The fourth-order valence-corrected chi connectivity index (χ4v) is 2.27. The predicted octanol–water partition coefficient (Wildman–Crippen LogP) is 4.10. The van der Waals surface area contributed by atoms with Crippen LogP contribution in [-0.2, 0) is 0 Å². The third kappa shape index (κ3) is 3.22. The van der Waals surface area contributed by atoms with E-state index >= 15 is 0 Å². The Labute approximate surface area is 131 Å². The molecule has 1 aromatic carbocycles. The Morgan fingerprint density at radius 2 is 2.05 bits per heavy atom. The van der Waals surface area contributed by atoms with E-state index in [4.69, 9.17) is 23.2 Å². The van der Waals surface area contributed by atoms with Crippen LogP contribution in [0.2, 0.25) is 10.0 Å². The van der Waals surface area contributed by atoms with Gasteiger partial charge in [-0.2, -0.15) is 0 Å². The molecule has 0 saturated carbocycles. The topological polar surface area (TPSA) is 81.0 Å². The van der Waals surface area contributed by atoms with Gasteiger partial charge in [0.15, 0.2) is 5.69 Å². The van der Waals surface area contributed by atoms with Gasteiger partial charge in [0.1, 0.15) is 5.69 Å². The van der Waals surface area contributed by atoms with Crippen LogP contribution in [0.3, 0.4) is 0 Å². The Morgan fingerprint density at radius 1 is 1.33 bits per heavy atom. The number of nitrogens with zero attached hydrogens (tertiary/aromatic N) is 3. The van der Waals surface area contributed by atoms with E-state index < -0.39 is 4.92 Å². The Bertz CT molecular complexity index is 707. The summed E-state index contributed by atoms with van der Waals surface area (Å²) in [6.45, 7) is 4.04. The van der Waals surface area contributed by atoms with Crippen LogP contribution in [0.1, 0.15) is 12.6 Å². The first-order valence-corrected chi connectivity index (χ1v) is 6.92. The third-order valence-corrected chi connectivity index (χ3v) is 3.32. The molecule has 0 fully saturated rings. The molecule has 110 valence electrons. The van der Waals surface area contributed by atoms with E-state index in [0.717, 1.165) is 0 Å². The standard InChI is InChI=1S/C13H12Cl2N4O2/c1-3-16-13-17-7(2)12(19(20)21)11(18-13)9-6-8(14)4-5-10(9)15/h4-6H,3H2,1-2H3,(H,16,17,18). The highest BCUT2D eigenvalue weighted by molar-refractivity contribution is 6.35. The first-order chi connectivity index (χ1) is 9.93. The molecular weight excluding hydrogens is 315 g/mol. The van der Waals surface area contributed by atoms with Crippen molar-refractivity contribution in [3.8, 4) is 11.3 Å². The maximum absolute atomic E-state index is 11.3. The highest BCUT2D eigenvalue weighted by atomic mass is 35.5. The molecule has 0 unspecified atom stereocenters. The maximum Gasteiger partial charge on any atom is 0.316 e. The van der Waals surface area contributed by atoms with Crippen molar-refractivity contribution in [3.05, 3.63) is 44.1 Å². The smallest absolute Gasteiger partial charge is 0.316 e. The molecule has 0 aliphatic rings. The number of halogens is 2. The van der Waals surface area contributed by atoms with Crippen molar-refractivity contribution in [2.45, 2.75) is 13.8 Å². The Morgan fingerprint density at radius 3 is 2.67 bits per heavy atom. The van der Waals surface area contributed by atoms with Gasteiger partial charge < -0.3 is 5.32 Å². The van der Waals surface area contributed by atoms with Gasteiger partial charge in [-0.1, -0.05) is 23.2 Å². The van der Waals surface area contributed by atoms with E-state index in [0.29, 0.717) is 28.1 Å². The summed E-state index contributed by atoms with van der Waals surface area (Å²) in [5, 5.41) is 15.0. The minimum Gasteiger partial charge on any atom is -0.354 e. The minimum atomic E-state index is -0.516. The van der Waals surface area contributed by atoms with Crippen molar-refractivity contribution < 1.29 is 4.92 Å². The van der Waals surface area contributed by atoms with Gasteiger partial charge in [-0.05, 0) is 32.0 Å². The fourth-order valence-electron chi connectivity index (χ4n) is 1.89. The van der Waals surface area contributed by atoms with E-state index in [9.17, 15) is 10.1 Å². The fraction of sp³-hybridized carbons (Fsp3) is 0.231. The monoisotopic (exact) mass is 326 g/mol. The van der Waals surface area contributed by atoms with Crippen molar-refractivity contribution in [1.29, 1.82) is 0 Å². The number of hydrogen-bond donors (Lipinski definition) is 1. The normalized spacial score (nSPS) is 10.5. The van der Waals surface area contributed by atoms with Crippen LogP contribution in [0.5, 0.6) is 0 Å². The molecule has 0 aliphatic heterocycles. The van der Waals surface area contributed by atoms with Crippen LogP contribution in [0.15, 0.2) is 18.2 Å². The highest BCUT2D eigenvalue weighted by Crippen LogP contribution is 2.36. The zero-order valence-corrected chi connectivity index (χ0v) is 12.9. The quantitative estimate of drug-likeness (QED) is 0.675. The summed E-state index contributed by atoms with van der Waals surface area (Å²) < 4.78 is 0. The van der Waals surface area contributed by atoms with Crippen molar-refractivity contribution >= 4 is 34.8 Å². The number of hydrogen-bond acceptors (Lipinski definition) is 5. The number of nitro groups is 1. The zero-order chi connectivity index (χ0) is 15.6. The summed E-state index contributed by atoms with van der Waals surface area (Å²) >= 11 is 12.1. The van der Waals surface area contributed by atoms with Crippen molar-refractivity contribution in [2.75, 3.05) is 11.9 Å². The van der Waals surface area contributed by atoms with Crippen LogP contribution >= 0.6 is 23.2 Å². The SMILES string of the molecule is CCNc1nc(C)c([N+](=O)[O-])c(-c2cc(Cl)ccc2Cl)n1. The molecule has 2 aromatic rings. The van der Waals surface area contributed by atoms with Gasteiger partial charge in [0.05, 0.1) is 9.95 Å². The lowest BCUT2D eigenvalue weighted by atomic mass is 10.1. The second-order valence-electron chi connectivity index (χ2n) is 4.24. The number of aromatic nitrogens is 2. The lowest BCUT2D eigenvalue weighted by Crippen LogP contribution is -2.07. The molecule has 0 spiro atoms. The van der Waals surface area contributed by atoms with E-state index in [1.807, 2.05) is 6.92 Å². The third-order valence-electron chi connectivity index (χ3n) is 2.76. The number of anilines is 1. The van der Waals surface area contributed by atoms with E-state index in [-0.39, 0.29) is 17.1 Å². The Kier molecular flexibility index (Phi) is 4.59. The van der Waals surface area contributed by atoms with E-state index in [1.54, 1.807) is 25.1 Å². The van der Waals surface area contributed by atoms with Crippen LogP contribution < -0.4 is 5.32 Å². The molecule has 21 heavy (non-hydrogen) atoms. The largest absolute Gasteiger partial charge is 0.354 e. The number of rotatable bonds is 4. The number of aryl methyl sites for hydroxylation is 1. The van der Waals surface area contributed by atoms with Crippen LogP contribution in [-0.4, -0.2) is 21.4 Å². The summed E-state index contributed by atoms with van der Waals surface area (Å²) in [7, 11) is 0. The van der Waals surface area contributed by atoms with E-state index in [1.165, 1.54) is 0 Å². The summed E-state index contributed by atoms with van der Waals surface area (Å²) in [6, 6.07) is 4.74. The first-order valence-electron chi connectivity index (χ1n) is 6.16. The van der Waals surface area contributed by atoms with Gasteiger partial charge in [-0.25, -0.2) is 9.97 Å². The van der Waals surface area contributed by atoms with Crippen molar-refractivity contribution in [1.82, 2.24) is 9.97 Å². The van der Waals surface area contributed by atoms with Gasteiger partial charge in [0.25, 0.3) is 0 Å². The second-order valence-corrected chi connectivity index (χ2v) is 5.09. The average molecular weight is 327 g/mol. The Hall–Kier alpha value is -1.92. The molecule has 0 saturated heterocycles. The summed E-state index contributed by atoms with van der Waals surface area (Å²) in [6.07, 6.45) is 0. The van der Waals surface area contributed by atoms with Gasteiger partial charge in [0, 0.05) is 17.1 Å². The van der Waals surface area contributed by atoms with Crippen molar-refractivity contribution in [2.24, 2.45) is 0 Å². The lowest BCUT2D eigenvalue weighted by molar-refractivity contribution is -0.385. The summed E-state index contributed by atoms with van der Waals surface area (Å²) in [5.74, 6) is 0.312. The molecule has 0 radical (unpaired) electrons. The highest BCUT2D eigenvalue weighted by Gasteiger charge is 2.24. The zero-order valence-electron chi connectivity index (χ0n) is 11.4. The minimum absolute atomic E-state index is 0.149. The molecule has 2 rings (SSSR count). The molecule has 6 nitrogen and oxygen atoms in total.